The molecule has 0 aromatic heterocycles. The van der Waals surface area contributed by atoms with Crippen molar-refractivity contribution in [1.29, 1.82) is 0 Å². The number of nitrogens with one attached hydrogen (secondary N) is 1. The number of hydroxylamine groups is 2. The number of benzene rings is 1. The van der Waals surface area contributed by atoms with Crippen LogP contribution in [0.25, 0.3) is 0 Å². The molecule has 0 aliphatic carbocycles. The van der Waals surface area contributed by atoms with Gasteiger partial charge in [-0.05, 0) is 5.56 Å². The summed E-state index contributed by atoms with van der Waals surface area (Å²) in [6.45, 7) is 3.44. The average molecular weight is 147 g/mol. The zero-order chi connectivity index (χ0) is 7.68. The molecule has 1 aliphatic rings. The van der Waals surface area contributed by atoms with E-state index in [1.807, 2.05) is 18.2 Å². The van der Waals surface area contributed by atoms with Crippen LogP contribution in [0.1, 0.15) is 11.1 Å². The fraction of sp³-hybridized carbons (Fsp3) is 0.222. The van der Waals surface area contributed by atoms with Crippen LogP contribution in [0.2, 0.25) is 0 Å². The Kier molecular flexibility index (Phi) is 1.64. The fourth-order valence-corrected chi connectivity index (χ4v) is 1.32. The molecule has 1 N–H and O–H groups in total. The van der Waals surface area contributed by atoms with Crippen molar-refractivity contribution < 1.29 is 5.06 Å². The van der Waals surface area contributed by atoms with Gasteiger partial charge in [0.2, 0.25) is 0 Å². The van der Waals surface area contributed by atoms with Crippen molar-refractivity contribution in [3.8, 4) is 0 Å². The number of quaternary nitrogens is 1. The summed E-state index contributed by atoms with van der Waals surface area (Å²) in [5.74, 6) is 0. The van der Waals surface area contributed by atoms with E-state index in [2.05, 4.69) is 12.6 Å². The maximum absolute atomic E-state index is 10.9. The van der Waals surface area contributed by atoms with Gasteiger partial charge in [-0.2, -0.15) is 0 Å². The van der Waals surface area contributed by atoms with Crippen LogP contribution in [-0.4, -0.2) is 6.54 Å². The number of fused-ring (bicyclic) bond motifs is 1. The van der Waals surface area contributed by atoms with Gasteiger partial charge in [-0.15, -0.1) is 0 Å². The van der Waals surface area contributed by atoms with Gasteiger partial charge in [0.05, 0.1) is 6.54 Å². The minimum absolute atomic E-state index is 0.128. The largest absolute Gasteiger partial charge is 0.633 e. The first-order chi connectivity index (χ1) is 5.36. The van der Waals surface area contributed by atoms with Crippen molar-refractivity contribution in [3.63, 3.8) is 0 Å². The molecule has 1 aliphatic heterocycles. The zero-order valence-electron chi connectivity index (χ0n) is 6.13. The molecule has 56 valence electrons. The second-order valence-electron chi connectivity index (χ2n) is 2.71. The maximum atomic E-state index is 10.9. The topological polar surface area (TPSA) is 27.5 Å². The molecule has 0 fully saturated rings. The summed E-state index contributed by atoms with van der Waals surface area (Å²) in [6, 6.07) is 7.92. The Morgan fingerprint density at radius 3 is 3.09 bits per heavy atom. The predicted molar refractivity (Wildman–Crippen MR) is 41.7 cm³/mol. The number of rotatable bonds is 0. The molecule has 1 atom stereocenters. The standard InChI is InChI=1S/C9H9NO/c11-10-6-5-8-3-1-2-4-9(8)7-10/h1-4,10H,5-6H2. The number of hydrogen-bond donors (Lipinski definition) is 1. The van der Waals surface area contributed by atoms with Gasteiger partial charge in [-0.25, -0.2) is 0 Å². The van der Waals surface area contributed by atoms with Crippen LogP contribution in [0.4, 0.5) is 0 Å². The van der Waals surface area contributed by atoms with Crippen molar-refractivity contribution in [1.82, 2.24) is 0 Å². The van der Waals surface area contributed by atoms with E-state index in [0.717, 1.165) is 12.0 Å². The summed E-state index contributed by atoms with van der Waals surface area (Å²) in [7, 11) is 0. The highest BCUT2D eigenvalue weighted by atomic mass is 16.5. The normalized spacial score (nSPS) is 22.8. The molecule has 0 saturated carbocycles. The quantitative estimate of drug-likeness (QED) is 0.514. The van der Waals surface area contributed by atoms with Gasteiger partial charge in [0, 0.05) is 12.0 Å². The summed E-state index contributed by atoms with van der Waals surface area (Å²) in [4.78, 5) is 0. The minimum Gasteiger partial charge on any atom is -0.633 e. The molecule has 1 heterocycles. The second kappa shape index (κ2) is 2.64. The van der Waals surface area contributed by atoms with Gasteiger partial charge < -0.3 is 10.3 Å². The van der Waals surface area contributed by atoms with Crippen LogP contribution in [0.15, 0.2) is 24.3 Å². The Bertz CT molecular complexity index is 259. The van der Waals surface area contributed by atoms with E-state index in [-0.39, 0.29) is 5.06 Å². The Morgan fingerprint density at radius 2 is 2.18 bits per heavy atom. The molecule has 2 rings (SSSR count). The van der Waals surface area contributed by atoms with E-state index in [0.29, 0.717) is 6.54 Å². The lowest BCUT2D eigenvalue weighted by molar-refractivity contribution is -0.813. The van der Waals surface area contributed by atoms with Crippen molar-refractivity contribution >= 4 is 0 Å². The highest BCUT2D eigenvalue weighted by Crippen LogP contribution is 2.10. The Balaban J connectivity index is 2.34. The maximum Gasteiger partial charge on any atom is 0.257 e. The third kappa shape index (κ3) is 1.27. The first-order valence-corrected chi connectivity index (χ1v) is 3.74. The highest BCUT2D eigenvalue weighted by molar-refractivity contribution is 5.32. The number of hydrogen-bond acceptors (Lipinski definition) is 1. The lowest BCUT2D eigenvalue weighted by Crippen LogP contribution is -3.05. The molecule has 2 nitrogen and oxygen atoms in total. The Hall–Kier alpha value is -0.860. The molecule has 1 aromatic rings. The smallest absolute Gasteiger partial charge is 0.257 e. The third-order valence-electron chi connectivity index (χ3n) is 1.91. The van der Waals surface area contributed by atoms with Gasteiger partial charge in [0.1, 0.15) is 0 Å². The van der Waals surface area contributed by atoms with Crippen LogP contribution in [0.5, 0.6) is 0 Å². The van der Waals surface area contributed by atoms with Gasteiger partial charge in [-0.3, -0.25) is 0 Å². The van der Waals surface area contributed by atoms with Crippen LogP contribution in [0, 0.1) is 11.8 Å². The molecule has 2 radical (unpaired) electrons. The van der Waals surface area contributed by atoms with Crippen LogP contribution >= 0.6 is 0 Å². The van der Waals surface area contributed by atoms with E-state index in [1.54, 1.807) is 0 Å². The molecular weight excluding hydrogens is 138 g/mol. The van der Waals surface area contributed by atoms with Gasteiger partial charge in [-0.1, -0.05) is 24.3 Å². The van der Waals surface area contributed by atoms with E-state index in [9.17, 15) is 5.21 Å². The molecule has 0 spiro atoms. The van der Waals surface area contributed by atoms with E-state index < -0.39 is 0 Å². The Morgan fingerprint density at radius 1 is 1.36 bits per heavy atom. The van der Waals surface area contributed by atoms with Crippen molar-refractivity contribution in [2.75, 3.05) is 6.54 Å². The van der Waals surface area contributed by atoms with E-state index in [1.165, 1.54) is 5.56 Å². The second-order valence-corrected chi connectivity index (χ2v) is 2.71. The molecule has 1 unspecified atom stereocenters. The molecule has 0 saturated heterocycles. The first kappa shape index (κ1) is 6.83. The summed E-state index contributed by atoms with van der Waals surface area (Å²) >= 11 is 0. The minimum atomic E-state index is 0.128. The van der Waals surface area contributed by atoms with Crippen LogP contribution in [-0.2, 0) is 6.42 Å². The molecule has 2 heteroatoms. The van der Waals surface area contributed by atoms with Gasteiger partial charge in [0.25, 0.3) is 6.54 Å². The van der Waals surface area contributed by atoms with Crippen LogP contribution < -0.4 is 5.06 Å². The lowest BCUT2D eigenvalue weighted by atomic mass is 10.0. The van der Waals surface area contributed by atoms with Crippen molar-refractivity contribution in [2.45, 2.75) is 6.42 Å². The average Bonchev–Trinajstić information content (AvgIpc) is 2.04. The molecular formula is C9H9NO. The Labute approximate surface area is 66.0 Å². The summed E-state index contributed by atoms with van der Waals surface area (Å²) in [5.41, 5.74) is 2.22. The summed E-state index contributed by atoms with van der Waals surface area (Å²) < 4.78 is 0. The first-order valence-electron chi connectivity index (χ1n) is 3.74. The molecule has 1 aromatic carbocycles. The van der Waals surface area contributed by atoms with E-state index >= 15 is 0 Å². The zero-order valence-corrected chi connectivity index (χ0v) is 6.13. The molecule has 0 amide bonds. The molecule has 0 bridgehead atoms. The highest BCUT2D eigenvalue weighted by Gasteiger charge is 2.14. The van der Waals surface area contributed by atoms with Crippen molar-refractivity contribution in [3.05, 3.63) is 47.1 Å². The van der Waals surface area contributed by atoms with Gasteiger partial charge >= 0.3 is 0 Å². The lowest BCUT2D eigenvalue weighted by Gasteiger charge is -2.25. The SMILES string of the molecule is [O-][NH+]1[C]c2ccccc2CC1. The fourth-order valence-electron chi connectivity index (χ4n) is 1.32. The van der Waals surface area contributed by atoms with Crippen molar-refractivity contribution in [2.24, 2.45) is 0 Å². The summed E-state index contributed by atoms with van der Waals surface area (Å²) in [6.07, 6.45) is 0.877. The third-order valence-corrected chi connectivity index (χ3v) is 1.91. The van der Waals surface area contributed by atoms with Crippen LogP contribution in [0.3, 0.4) is 0 Å². The van der Waals surface area contributed by atoms with E-state index in [4.69, 9.17) is 0 Å². The molecule has 11 heavy (non-hydrogen) atoms. The predicted octanol–water partition coefficient (Wildman–Crippen LogP) is 0.0123. The summed E-state index contributed by atoms with van der Waals surface area (Å²) in [5, 5.41) is 11.0. The monoisotopic (exact) mass is 147 g/mol. The van der Waals surface area contributed by atoms with Gasteiger partial charge in [0.15, 0.2) is 0 Å².